The number of rotatable bonds is 13. The number of aliphatic carboxylic acids is 1. The Morgan fingerprint density at radius 2 is 1.69 bits per heavy atom. The van der Waals surface area contributed by atoms with E-state index in [0.717, 1.165) is 63.3 Å². The Balaban J connectivity index is 0.00000285. The van der Waals surface area contributed by atoms with Crippen LogP contribution in [0.2, 0.25) is 5.02 Å². The summed E-state index contributed by atoms with van der Waals surface area (Å²) < 4.78 is 6.06. The third-order valence-electron chi connectivity index (χ3n) is 15.1. The van der Waals surface area contributed by atoms with Gasteiger partial charge in [0.1, 0.15) is 6.10 Å². The van der Waals surface area contributed by atoms with E-state index in [1.807, 2.05) is 26.0 Å². The van der Waals surface area contributed by atoms with Gasteiger partial charge in [0.15, 0.2) is 5.78 Å². The number of benzene rings is 1. The molecule has 0 heterocycles. The van der Waals surface area contributed by atoms with Gasteiger partial charge in [-0.25, -0.2) is 0 Å². The zero-order chi connectivity index (χ0) is 40.5. The van der Waals surface area contributed by atoms with E-state index >= 15 is 0 Å². The van der Waals surface area contributed by atoms with E-state index in [-0.39, 0.29) is 41.2 Å². The minimum atomic E-state index is -1.13. The lowest BCUT2D eigenvalue weighted by Gasteiger charge is -2.63. The second-order valence-electron chi connectivity index (χ2n) is 19.5. The average Bonchev–Trinajstić information content (AvgIpc) is 3.43. The minimum Gasteiger partial charge on any atom is -0.481 e. The second-order valence-corrected chi connectivity index (χ2v) is 19.9. The van der Waals surface area contributed by atoms with Gasteiger partial charge in [0.2, 0.25) is 0 Å². The minimum absolute atomic E-state index is 0.0256. The number of hydrogen-bond donors (Lipinski definition) is 1. The Kier molecular flexibility index (Phi) is 14.1. The van der Waals surface area contributed by atoms with Gasteiger partial charge in [0.25, 0.3) is 0 Å². The van der Waals surface area contributed by atoms with Crippen molar-refractivity contribution in [1.29, 1.82) is 0 Å². The maximum atomic E-state index is 14.1. The molecule has 0 bridgehead atoms. The Morgan fingerprint density at radius 1 is 0.982 bits per heavy atom. The number of fused-ring (bicyclic) bond motifs is 7. The van der Waals surface area contributed by atoms with Gasteiger partial charge in [-0.1, -0.05) is 70.8 Å². The van der Waals surface area contributed by atoms with Crippen LogP contribution in [0.4, 0.5) is 0 Å². The summed E-state index contributed by atoms with van der Waals surface area (Å²) in [6.07, 6.45) is 10.5. The van der Waals surface area contributed by atoms with Gasteiger partial charge in [-0.15, -0.1) is 0 Å². The Morgan fingerprint density at radius 3 is 2.35 bits per heavy atom. The SMILES string of the molecule is CC.CC(C)C1=C2C3CCC4C(CCC5C(C)C(OC(=O)CC(C)(C)C(=O)O)CCC54C)C3CCC2(CCN(CCN(C)C)Cc2cccc(Cl)c2)CC1=O. The van der Waals surface area contributed by atoms with Crippen LogP contribution in [0.5, 0.6) is 0 Å². The molecular formula is C47H73ClN2O5. The summed E-state index contributed by atoms with van der Waals surface area (Å²) in [5.74, 6) is 2.52. The molecule has 0 amide bonds. The molecule has 4 saturated carbocycles. The fourth-order valence-electron chi connectivity index (χ4n) is 12.4. The molecule has 55 heavy (non-hydrogen) atoms. The maximum absolute atomic E-state index is 14.1. The first-order valence-electron chi connectivity index (χ1n) is 21.8. The summed E-state index contributed by atoms with van der Waals surface area (Å²) in [6.45, 7) is 20.3. The Bertz CT molecular complexity index is 1570. The summed E-state index contributed by atoms with van der Waals surface area (Å²) in [5.41, 5.74) is 3.04. The van der Waals surface area contributed by atoms with Crippen LogP contribution >= 0.6 is 11.6 Å². The standard InChI is InChI=1S/C45H67ClN2O5.C2H6/c1-28(2)40-37(49)25-45(20-21-48(23-22-47(7)8)27-30-10-9-11-31(46)24-30)19-16-32-33-12-14-35-29(3)38(53-39(50)26-43(4,5)42(51)52)17-18-44(35,6)36(33)15-13-34(32)41(40)45;1-2/h9-11,24,28-29,32-36,38H,12-23,25-27H2,1-8H3,(H,51,52);1-2H3. The van der Waals surface area contributed by atoms with Crippen LogP contribution < -0.4 is 0 Å². The Labute approximate surface area is 338 Å². The van der Waals surface area contributed by atoms with Crippen molar-refractivity contribution in [2.45, 2.75) is 139 Å². The quantitative estimate of drug-likeness (QED) is 0.200. The van der Waals surface area contributed by atoms with E-state index in [1.165, 1.54) is 36.8 Å². The van der Waals surface area contributed by atoms with Crippen LogP contribution in [-0.2, 0) is 25.7 Å². The molecule has 5 aliphatic carbocycles. The normalized spacial score (nSPS) is 33.1. The third-order valence-corrected chi connectivity index (χ3v) is 15.4. The highest BCUT2D eigenvalue weighted by Crippen LogP contribution is 2.68. The number of nitrogens with zero attached hydrogens (tertiary/aromatic N) is 2. The molecule has 1 aromatic carbocycles. The van der Waals surface area contributed by atoms with Crippen molar-refractivity contribution in [3.8, 4) is 0 Å². The van der Waals surface area contributed by atoms with Crippen molar-refractivity contribution in [3.63, 3.8) is 0 Å². The molecule has 0 aliphatic heterocycles. The van der Waals surface area contributed by atoms with Crippen LogP contribution in [0.15, 0.2) is 35.4 Å². The van der Waals surface area contributed by atoms with Crippen LogP contribution in [0.3, 0.4) is 0 Å². The highest BCUT2D eigenvalue weighted by atomic mass is 35.5. The number of carboxylic acids is 1. The summed E-state index contributed by atoms with van der Waals surface area (Å²) in [4.78, 5) is 43.5. The van der Waals surface area contributed by atoms with Gasteiger partial charge in [0.05, 0.1) is 11.8 Å². The van der Waals surface area contributed by atoms with Crippen LogP contribution in [-0.4, -0.2) is 72.5 Å². The van der Waals surface area contributed by atoms with E-state index < -0.39 is 11.4 Å². The molecule has 1 N–H and O–H groups in total. The topological polar surface area (TPSA) is 87.2 Å². The van der Waals surface area contributed by atoms with Crippen LogP contribution in [0.25, 0.3) is 0 Å². The smallest absolute Gasteiger partial charge is 0.309 e. The van der Waals surface area contributed by atoms with Crippen LogP contribution in [0, 0.1) is 57.7 Å². The van der Waals surface area contributed by atoms with Gasteiger partial charge in [-0.2, -0.15) is 0 Å². The second kappa shape index (κ2) is 17.7. The van der Waals surface area contributed by atoms with Crippen LogP contribution in [0.1, 0.15) is 132 Å². The molecule has 0 saturated heterocycles. The number of likely N-dealkylation sites (N-methyl/N-ethyl adjacent to an activating group) is 1. The molecular weight excluding hydrogens is 708 g/mol. The number of esters is 1. The van der Waals surface area contributed by atoms with Crippen molar-refractivity contribution in [3.05, 3.63) is 46.0 Å². The van der Waals surface area contributed by atoms with Gasteiger partial charge in [-0.3, -0.25) is 19.3 Å². The van der Waals surface area contributed by atoms with Crippen molar-refractivity contribution >= 4 is 29.3 Å². The van der Waals surface area contributed by atoms with E-state index in [9.17, 15) is 19.5 Å². The summed E-state index contributed by atoms with van der Waals surface area (Å²) >= 11 is 6.40. The monoisotopic (exact) mass is 781 g/mol. The molecule has 308 valence electrons. The molecule has 7 nitrogen and oxygen atoms in total. The number of carbonyl (C=O) groups excluding carboxylic acids is 2. The number of carbonyl (C=O) groups is 3. The van der Waals surface area contributed by atoms with E-state index in [2.05, 4.69) is 63.7 Å². The number of halogens is 1. The first-order valence-corrected chi connectivity index (χ1v) is 22.2. The summed E-state index contributed by atoms with van der Waals surface area (Å²) in [6, 6.07) is 8.25. The molecule has 0 radical (unpaired) electrons. The largest absolute Gasteiger partial charge is 0.481 e. The lowest BCUT2D eigenvalue weighted by atomic mass is 9.42. The fourth-order valence-corrected chi connectivity index (χ4v) is 12.7. The predicted octanol–water partition coefficient (Wildman–Crippen LogP) is 10.3. The zero-order valence-electron chi connectivity index (χ0n) is 35.9. The average molecular weight is 782 g/mol. The zero-order valence-corrected chi connectivity index (χ0v) is 36.6. The molecule has 9 unspecified atom stereocenters. The van der Waals surface area contributed by atoms with E-state index in [0.29, 0.717) is 41.8 Å². The molecule has 1 aromatic rings. The van der Waals surface area contributed by atoms with Crippen molar-refractivity contribution in [2.75, 3.05) is 33.7 Å². The van der Waals surface area contributed by atoms with E-state index in [4.69, 9.17) is 16.3 Å². The highest BCUT2D eigenvalue weighted by Gasteiger charge is 2.61. The molecule has 9 atom stereocenters. The van der Waals surface area contributed by atoms with Gasteiger partial charge < -0.3 is 14.7 Å². The fraction of sp³-hybridized carbons (Fsp3) is 0.766. The molecule has 0 aromatic heterocycles. The first kappa shape index (κ1) is 43.9. The van der Waals surface area contributed by atoms with Gasteiger partial charge in [-0.05, 0) is 162 Å². The summed E-state index contributed by atoms with van der Waals surface area (Å²) in [7, 11) is 4.28. The van der Waals surface area contributed by atoms with Crippen molar-refractivity contribution in [2.24, 2.45) is 57.7 Å². The molecule has 6 rings (SSSR count). The van der Waals surface area contributed by atoms with Gasteiger partial charge in [0, 0.05) is 36.5 Å². The molecule has 5 aliphatic rings. The van der Waals surface area contributed by atoms with Crippen molar-refractivity contribution in [1.82, 2.24) is 9.80 Å². The predicted molar refractivity (Wildman–Crippen MR) is 223 cm³/mol. The molecule has 4 fully saturated rings. The van der Waals surface area contributed by atoms with Crippen molar-refractivity contribution < 1.29 is 24.2 Å². The molecule has 8 heteroatoms. The highest BCUT2D eigenvalue weighted by molar-refractivity contribution is 6.30. The maximum Gasteiger partial charge on any atom is 0.309 e. The lowest BCUT2D eigenvalue weighted by Crippen LogP contribution is -2.56. The molecule has 0 spiro atoms. The lowest BCUT2D eigenvalue weighted by molar-refractivity contribution is -0.175. The first-order chi connectivity index (χ1) is 26.0. The number of ketones is 1. The number of ether oxygens (including phenoxy) is 1. The number of carboxylic acid groups (broad SMARTS) is 1. The Hall–Kier alpha value is -2.22. The number of allylic oxidation sites excluding steroid dienone is 2. The third kappa shape index (κ3) is 9.09. The van der Waals surface area contributed by atoms with E-state index in [1.54, 1.807) is 19.4 Å². The number of hydrogen-bond acceptors (Lipinski definition) is 6. The summed E-state index contributed by atoms with van der Waals surface area (Å²) in [5, 5.41) is 10.3. The number of Topliss-reactive ketones (excluding diaryl/α,β-unsaturated/α-hetero) is 1. The van der Waals surface area contributed by atoms with Gasteiger partial charge >= 0.3 is 11.9 Å².